The molecule has 0 saturated carbocycles. The summed E-state index contributed by atoms with van der Waals surface area (Å²) < 4.78 is 15.2. The van der Waals surface area contributed by atoms with Crippen LogP contribution in [0.1, 0.15) is 15.9 Å². The van der Waals surface area contributed by atoms with Gasteiger partial charge < -0.3 is 16.0 Å². The first-order chi connectivity index (χ1) is 10.0. The molecular weight excluding hydrogens is 269 g/mol. The predicted octanol–water partition coefficient (Wildman–Crippen LogP) is 2.51. The van der Waals surface area contributed by atoms with Crippen molar-refractivity contribution in [3.05, 3.63) is 65.6 Å². The molecule has 0 aliphatic heterocycles. The molecule has 0 aliphatic rings. The van der Waals surface area contributed by atoms with Crippen LogP contribution in [0, 0.1) is 5.82 Å². The van der Waals surface area contributed by atoms with Crippen molar-refractivity contribution in [1.29, 1.82) is 0 Å². The number of anilines is 1. The van der Waals surface area contributed by atoms with E-state index in [0.29, 0.717) is 17.8 Å². The number of nitrogens with two attached hydrogens (primary N) is 2. The number of nitrogens with zero attached hydrogens (tertiary/aromatic N) is 1. The standard InChI is InChI=1S/C16H14FN3O/c17-13-3-4-15-10(7-13)5-6-20(15)9-12-2-1-11(16(19)21)8-14(12)18/h1-8H,9,18H2,(H2,19,21). The molecule has 1 aromatic heterocycles. The van der Waals surface area contributed by atoms with Gasteiger partial charge in [0, 0.05) is 34.9 Å². The van der Waals surface area contributed by atoms with Crippen LogP contribution in [-0.2, 0) is 6.54 Å². The second-order valence-electron chi connectivity index (χ2n) is 4.92. The van der Waals surface area contributed by atoms with Gasteiger partial charge in [-0.3, -0.25) is 4.79 Å². The van der Waals surface area contributed by atoms with E-state index in [9.17, 15) is 9.18 Å². The van der Waals surface area contributed by atoms with Crippen molar-refractivity contribution >= 4 is 22.5 Å². The number of carbonyl (C=O) groups excluding carboxylic acids is 1. The highest BCUT2D eigenvalue weighted by atomic mass is 19.1. The first-order valence-corrected chi connectivity index (χ1v) is 6.47. The molecule has 2 aromatic carbocycles. The molecule has 3 aromatic rings. The zero-order chi connectivity index (χ0) is 15.0. The van der Waals surface area contributed by atoms with Crippen LogP contribution >= 0.6 is 0 Å². The van der Waals surface area contributed by atoms with E-state index in [0.717, 1.165) is 16.5 Å². The summed E-state index contributed by atoms with van der Waals surface area (Å²) in [6.07, 6.45) is 1.88. The van der Waals surface area contributed by atoms with Crippen LogP contribution in [0.25, 0.3) is 10.9 Å². The minimum absolute atomic E-state index is 0.259. The van der Waals surface area contributed by atoms with Gasteiger partial charge in [-0.1, -0.05) is 6.07 Å². The Kier molecular flexibility index (Phi) is 3.10. The van der Waals surface area contributed by atoms with E-state index in [1.54, 1.807) is 24.3 Å². The van der Waals surface area contributed by atoms with Crippen molar-refractivity contribution < 1.29 is 9.18 Å². The quantitative estimate of drug-likeness (QED) is 0.725. The summed E-state index contributed by atoms with van der Waals surface area (Å²) in [6.45, 7) is 0.542. The van der Waals surface area contributed by atoms with Crippen LogP contribution in [0.5, 0.6) is 0 Å². The van der Waals surface area contributed by atoms with E-state index in [2.05, 4.69) is 0 Å². The van der Waals surface area contributed by atoms with Crippen molar-refractivity contribution in [3.8, 4) is 0 Å². The summed E-state index contributed by atoms with van der Waals surface area (Å²) in [7, 11) is 0. The molecule has 4 nitrogen and oxygen atoms in total. The number of rotatable bonds is 3. The fraction of sp³-hybridized carbons (Fsp3) is 0.0625. The molecule has 0 fully saturated rings. The molecule has 3 rings (SSSR count). The van der Waals surface area contributed by atoms with Crippen molar-refractivity contribution in [2.24, 2.45) is 5.73 Å². The molecule has 0 spiro atoms. The molecule has 0 saturated heterocycles. The summed E-state index contributed by atoms with van der Waals surface area (Å²) in [4.78, 5) is 11.1. The molecular formula is C16H14FN3O. The van der Waals surface area contributed by atoms with Crippen LogP contribution in [0.3, 0.4) is 0 Å². The van der Waals surface area contributed by atoms with Crippen LogP contribution < -0.4 is 11.5 Å². The minimum Gasteiger partial charge on any atom is -0.398 e. The van der Waals surface area contributed by atoms with Gasteiger partial charge in [0.15, 0.2) is 0 Å². The van der Waals surface area contributed by atoms with Crippen molar-refractivity contribution in [1.82, 2.24) is 4.57 Å². The highest BCUT2D eigenvalue weighted by Gasteiger charge is 2.07. The molecule has 21 heavy (non-hydrogen) atoms. The number of amides is 1. The average molecular weight is 283 g/mol. The number of hydrogen-bond donors (Lipinski definition) is 2. The summed E-state index contributed by atoms with van der Waals surface area (Å²) >= 11 is 0. The second kappa shape index (κ2) is 4.94. The maximum Gasteiger partial charge on any atom is 0.248 e. The summed E-state index contributed by atoms with van der Waals surface area (Å²) in [5.74, 6) is -0.763. The summed E-state index contributed by atoms with van der Waals surface area (Å²) in [5.41, 5.74) is 13.9. The Labute approximate surface area is 120 Å². The minimum atomic E-state index is -0.505. The van der Waals surface area contributed by atoms with Crippen molar-refractivity contribution in [2.45, 2.75) is 6.54 Å². The number of nitrogen functional groups attached to an aromatic ring is 1. The van der Waals surface area contributed by atoms with Crippen LogP contribution in [0.2, 0.25) is 0 Å². The van der Waals surface area contributed by atoms with Gasteiger partial charge in [0.1, 0.15) is 5.82 Å². The molecule has 1 heterocycles. The largest absolute Gasteiger partial charge is 0.398 e. The Balaban J connectivity index is 1.97. The van der Waals surface area contributed by atoms with E-state index in [1.165, 1.54) is 12.1 Å². The Bertz CT molecular complexity index is 839. The highest BCUT2D eigenvalue weighted by molar-refractivity contribution is 5.93. The van der Waals surface area contributed by atoms with Gasteiger partial charge in [0.2, 0.25) is 5.91 Å². The number of carbonyl (C=O) groups is 1. The van der Waals surface area contributed by atoms with Gasteiger partial charge in [-0.25, -0.2) is 4.39 Å². The molecule has 0 unspecified atom stereocenters. The molecule has 4 N–H and O–H groups in total. The lowest BCUT2D eigenvalue weighted by atomic mass is 10.1. The number of benzene rings is 2. The third-order valence-electron chi connectivity index (χ3n) is 3.50. The molecule has 0 aliphatic carbocycles. The van der Waals surface area contributed by atoms with E-state index in [1.807, 2.05) is 16.8 Å². The summed E-state index contributed by atoms with van der Waals surface area (Å²) in [6, 6.07) is 11.5. The Morgan fingerprint density at radius 3 is 2.67 bits per heavy atom. The molecule has 0 bridgehead atoms. The summed E-state index contributed by atoms with van der Waals surface area (Å²) in [5, 5.41) is 0.835. The lowest BCUT2D eigenvalue weighted by Crippen LogP contribution is -2.12. The monoisotopic (exact) mass is 283 g/mol. The number of aromatic nitrogens is 1. The molecule has 5 heteroatoms. The van der Waals surface area contributed by atoms with E-state index in [4.69, 9.17) is 11.5 Å². The number of halogens is 1. The fourth-order valence-electron chi connectivity index (χ4n) is 2.38. The Morgan fingerprint density at radius 2 is 1.95 bits per heavy atom. The third kappa shape index (κ3) is 2.45. The maximum absolute atomic E-state index is 13.2. The SMILES string of the molecule is NC(=O)c1ccc(Cn2ccc3cc(F)ccc32)c(N)c1. The maximum atomic E-state index is 13.2. The third-order valence-corrected chi connectivity index (χ3v) is 3.50. The molecule has 1 amide bonds. The molecule has 0 atom stereocenters. The van der Waals surface area contributed by atoms with E-state index >= 15 is 0 Å². The van der Waals surface area contributed by atoms with Gasteiger partial charge >= 0.3 is 0 Å². The predicted molar refractivity (Wildman–Crippen MR) is 80.4 cm³/mol. The lowest BCUT2D eigenvalue weighted by Gasteiger charge is -2.09. The molecule has 0 radical (unpaired) electrons. The second-order valence-corrected chi connectivity index (χ2v) is 4.92. The molecule has 106 valence electrons. The fourth-order valence-corrected chi connectivity index (χ4v) is 2.38. The number of primary amides is 1. The topological polar surface area (TPSA) is 74.0 Å². The van der Waals surface area contributed by atoms with Crippen LogP contribution in [0.4, 0.5) is 10.1 Å². The van der Waals surface area contributed by atoms with E-state index in [-0.39, 0.29) is 5.82 Å². The Hall–Kier alpha value is -2.82. The lowest BCUT2D eigenvalue weighted by molar-refractivity contribution is 0.100. The van der Waals surface area contributed by atoms with Gasteiger partial charge in [0.05, 0.1) is 0 Å². The smallest absolute Gasteiger partial charge is 0.248 e. The highest BCUT2D eigenvalue weighted by Crippen LogP contribution is 2.21. The average Bonchev–Trinajstić information content (AvgIpc) is 2.83. The van der Waals surface area contributed by atoms with Crippen molar-refractivity contribution in [3.63, 3.8) is 0 Å². The first kappa shape index (κ1) is 13.2. The van der Waals surface area contributed by atoms with Crippen molar-refractivity contribution in [2.75, 3.05) is 5.73 Å². The van der Waals surface area contributed by atoms with Gasteiger partial charge in [-0.05, 0) is 42.0 Å². The number of hydrogen-bond acceptors (Lipinski definition) is 2. The Morgan fingerprint density at radius 1 is 1.14 bits per heavy atom. The first-order valence-electron chi connectivity index (χ1n) is 6.47. The normalized spacial score (nSPS) is 10.9. The van der Waals surface area contributed by atoms with Gasteiger partial charge in [-0.15, -0.1) is 0 Å². The van der Waals surface area contributed by atoms with Crippen LogP contribution in [0.15, 0.2) is 48.7 Å². The zero-order valence-electron chi connectivity index (χ0n) is 11.2. The number of fused-ring (bicyclic) bond motifs is 1. The van der Waals surface area contributed by atoms with Crippen LogP contribution in [-0.4, -0.2) is 10.5 Å². The van der Waals surface area contributed by atoms with Gasteiger partial charge in [0.25, 0.3) is 0 Å². The van der Waals surface area contributed by atoms with E-state index < -0.39 is 5.91 Å². The van der Waals surface area contributed by atoms with Gasteiger partial charge in [-0.2, -0.15) is 0 Å². The zero-order valence-corrected chi connectivity index (χ0v) is 11.2.